The highest BCUT2D eigenvalue weighted by atomic mass is 32.1. The molecule has 2 aromatic heterocycles. The molecule has 3 heterocycles. The fourth-order valence-electron chi connectivity index (χ4n) is 2.45. The number of carbonyl (C=O) groups excluding carboxylic acids is 1. The van der Waals surface area contributed by atoms with Crippen molar-refractivity contribution in [2.45, 2.75) is 18.2 Å². The number of aliphatic hydroxyl groups is 2. The number of aliphatic hydroxyl groups excluding tert-OH is 1. The molecular formula is C13H16N4O3S2. The first kappa shape index (κ1) is 15.5. The molecule has 1 aliphatic heterocycles. The third-order valence-electron chi connectivity index (χ3n) is 3.63. The second-order valence-corrected chi connectivity index (χ2v) is 7.00. The number of hydrogen-bond donors (Lipinski definition) is 3. The fraction of sp³-hybridized carbons (Fsp3) is 0.462. The van der Waals surface area contributed by atoms with Crippen molar-refractivity contribution in [3.05, 3.63) is 33.2 Å². The van der Waals surface area contributed by atoms with Crippen LogP contribution in [0.5, 0.6) is 0 Å². The Labute approximate surface area is 135 Å². The lowest BCUT2D eigenvalue weighted by Crippen LogP contribution is -2.51. The van der Waals surface area contributed by atoms with Crippen LogP contribution in [0.15, 0.2) is 22.6 Å². The maximum absolute atomic E-state index is 11.9. The predicted molar refractivity (Wildman–Crippen MR) is 82.8 cm³/mol. The highest BCUT2D eigenvalue weighted by molar-refractivity contribution is 7.09. The molecule has 1 saturated heterocycles. The third-order valence-corrected chi connectivity index (χ3v) is 4.98. The Balaban J connectivity index is 1.57. The summed E-state index contributed by atoms with van der Waals surface area (Å²) < 4.78 is 0. The van der Waals surface area contributed by atoms with E-state index >= 15 is 0 Å². The molecule has 22 heavy (non-hydrogen) atoms. The molecule has 2 atom stereocenters. The van der Waals surface area contributed by atoms with Gasteiger partial charge in [0.1, 0.15) is 11.3 Å². The smallest absolute Gasteiger partial charge is 0.270 e. The number of amides is 1. The lowest BCUT2D eigenvalue weighted by molar-refractivity contribution is -0.0377. The molecule has 1 aliphatic rings. The molecule has 9 heteroatoms. The molecule has 3 N–H and O–H groups in total. The van der Waals surface area contributed by atoms with E-state index in [1.54, 1.807) is 22.6 Å². The Morgan fingerprint density at radius 1 is 1.55 bits per heavy atom. The van der Waals surface area contributed by atoms with Crippen molar-refractivity contribution in [2.75, 3.05) is 19.6 Å². The maximum atomic E-state index is 11.9. The van der Waals surface area contributed by atoms with Gasteiger partial charge in [0.25, 0.3) is 5.91 Å². The molecule has 118 valence electrons. The molecular weight excluding hydrogens is 324 g/mol. The van der Waals surface area contributed by atoms with Crippen molar-refractivity contribution in [1.29, 1.82) is 0 Å². The summed E-state index contributed by atoms with van der Waals surface area (Å²) in [6, 6.07) is 0. The third kappa shape index (κ3) is 3.33. The van der Waals surface area contributed by atoms with E-state index in [0.717, 1.165) is 4.88 Å². The SMILES string of the molecule is O=C(NC[C@]1(O)CN(Cc2cncs2)C[C@H]1O)c1cscn1. The van der Waals surface area contributed by atoms with Crippen LogP contribution < -0.4 is 5.32 Å². The molecule has 1 amide bonds. The van der Waals surface area contributed by atoms with Crippen LogP contribution in [0.2, 0.25) is 0 Å². The highest BCUT2D eigenvalue weighted by Gasteiger charge is 2.44. The van der Waals surface area contributed by atoms with Crippen LogP contribution in [0.25, 0.3) is 0 Å². The molecule has 0 radical (unpaired) electrons. The zero-order chi connectivity index (χ0) is 15.6. The van der Waals surface area contributed by atoms with E-state index in [9.17, 15) is 15.0 Å². The molecule has 2 aromatic rings. The van der Waals surface area contributed by atoms with Crippen molar-refractivity contribution in [3.63, 3.8) is 0 Å². The van der Waals surface area contributed by atoms with Gasteiger partial charge >= 0.3 is 0 Å². The average molecular weight is 340 g/mol. The first-order valence-corrected chi connectivity index (χ1v) is 8.55. The zero-order valence-corrected chi connectivity index (χ0v) is 13.3. The molecule has 0 unspecified atom stereocenters. The average Bonchev–Trinajstić information content (AvgIpc) is 3.20. The van der Waals surface area contributed by atoms with Crippen LogP contribution in [-0.4, -0.2) is 62.3 Å². The fourth-order valence-corrected chi connectivity index (χ4v) is 3.62. The summed E-state index contributed by atoms with van der Waals surface area (Å²) >= 11 is 2.87. The van der Waals surface area contributed by atoms with E-state index in [-0.39, 0.29) is 12.5 Å². The number of aromatic nitrogens is 2. The summed E-state index contributed by atoms with van der Waals surface area (Å²) in [4.78, 5) is 22.8. The predicted octanol–water partition coefficient (Wildman–Crippen LogP) is -0.0628. The second-order valence-electron chi connectivity index (χ2n) is 5.31. The number of carbonyl (C=O) groups is 1. The van der Waals surface area contributed by atoms with E-state index in [1.165, 1.54) is 22.7 Å². The van der Waals surface area contributed by atoms with E-state index in [1.807, 2.05) is 4.90 Å². The summed E-state index contributed by atoms with van der Waals surface area (Å²) in [5.74, 6) is -0.345. The van der Waals surface area contributed by atoms with Gasteiger partial charge in [-0.2, -0.15) is 0 Å². The number of β-amino-alcohol motifs (C(OH)–C–C–N with tert-alkyl or cyclic N) is 2. The number of likely N-dealkylation sites (tertiary alicyclic amines) is 1. The van der Waals surface area contributed by atoms with Crippen molar-refractivity contribution < 1.29 is 15.0 Å². The van der Waals surface area contributed by atoms with Crippen molar-refractivity contribution in [3.8, 4) is 0 Å². The van der Waals surface area contributed by atoms with Gasteiger partial charge in [-0.25, -0.2) is 4.98 Å². The molecule has 0 aromatic carbocycles. The lowest BCUT2D eigenvalue weighted by Gasteiger charge is -2.26. The van der Waals surface area contributed by atoms with Gasteiger partial charge in [-0.15, -0.1) is 22.7 Å². The molecule has 0 spiro atoms. The molecule has 7 nitrogen and oxygen atoms in total. The molecule has 0 saturated carbocycles. The molecule has 0 aliphatic carbocycles. The zero-order valence-electron chi connectivity index (χ0n) is 11.7. The van der Waals surface area contributed by atoms with Gasteiger partial charge in [-0.05, 0) is 0 Å². The van der Waals surface area contributed by atoms with E-state index in [4.69, 9.17) is 0 Å². The van der Waals surface area contributed by atoms with E-state index < -0.39 is 11.7 Å². The Hall–Kier alpha value is -1.39. The van der Waals surface area contributed by atoms with E-state index in [2.05, 4.69) is 15.3 Å². The normalized spacial score (nSPS) is 25.5. The molecule has 0 bridgehead atoms. The highest BCUT2D eigenvalue weighted by Crippen LogP contribution is 2.24. The summed E-state index contributed by atoms with van der Waals surface area (Å²) in [6.45, 7) is 1.28. The Kier molecular flexibility index (Phi) is 4.50. The van der Waals surface area contributed by atoms with Gasteiger partial charge in [-0.1, -0.05) is 0 Å². The van der Waals surface area contributed by atoms with Crippen molar-refractivity contribution >= 4 is 28.6 Å². The molecule has 3 rings (SSSR count). The summed E-state index contributed by atoms with van der Waals surface area (Å²) in [7, 11) is 0. The van der Waals surface area contributed by atoms with Gasteiger partial charge < -0.3 is 15.5 Å². The number of hydrogen-bond acceptors (Lipinski definition) is 8. The minimum atomic E-state index is -1.35. The van der Waals surface area contributed by atoms with Gasteiger partial charge in [0, 0.05) is 36.1 Å². The first-order valence-electron chi connectivity index (χ1n) is 6.73. The van der Waals surface area contributed by atoms with Gasteiger partial charge in [0.05, 0.1) is 23.7 Å². The maximum Gasteiger partial charge on any atom is 0.270 e. The molecule has 1 fully saturated rings. The van der Waals surface area contributed by atoms with Crippen LogP contribution >= 0.6 is 22.7 Å². The number of rotatable bonds is 5. The van der Waals surface area contributed by atoms with Crippen LogP contribution in [0.4, 0.5) is 0 Å². The first-order chi connectivity index (χ1) is 10.6. The minimum Gasteiger partial charge on any atom is -0.389 e. The number of thiazole rings is 2. The van der Waals surface area contributed by atoms with Crippen molar-refractivity contribution in [2.24, 2.45) is 0 Å². The van der Waals surface area contributed by atoms with Gasteiger partial charge in [-0.3, -0.25) is 14.7 Å². The van der Waals surface area contributed by atoms with Gasteiger partial charge in [0.15, 0.2) is 0 Å². The topological polar surface area (TPSA) is 98.6 Å². The number of nitrogens with one attached hydrogen (secondary N) is 1. The van der Waals surface area contributed by atoms with E-state index in [0.29, 0.717) is 25.3 Å². The second kappa shape index (κ2) is 6.39. The Bertz CT molecular complexity index is 619. The number of nitrogens with zero attached hydrogens (tertiary/aromatic N) is 3. The van der Waals surface area contributed by atoms with Crippen LogP contribution in [0.1, 0.15) is 15.4 Å². The summed E-state index contributed by atoms with van der Waals surface area (Å²) in [5.41, 5.74) is 2.30. The van der Waals surface area contributed by atoms with Crippen LogP contribution in [0, 0.1) is 0 Å². The van der Waals surface area contributed by atoms with Gasteiger partial charge in [0.2, 0.25) is 0 Å². The van der Waals surface area contributed by atoms with Crippen molar-refractivity contribution in [1.82, 2.24) is 20.2 Å². The lowest BCUT2D eigenvalue weighted by atomic mass is 10.0. The Morgan fingerprint density at radius 3 is 3.09 bits per heavy atom. The Morgan fingerprint density at radius 2 is 2.41 bits per heavy atom. The quantitative estimate of drug-likeness (QED) is 0.705. The van der Waals surface area contributed by atoms with Crippen LogP contribution in [-0.2, 0) is 6.54 Å². The van der Waals surface area contributed by atoms with Crippen LogP contribution in [0.3, 0.4) is 0 Å². The summed E-state index contributed by atoms with van der Waals surface area (Å²) in [5, 5.41) is 25.0. The standard InChI is InChI=1S/C13H16N4O3S2/c18-11-3-17(2-9-1-14-7-22-9)6-13(11,20)5-15-12(19)10-4-21-8-16-10/h1,4,7-8,11,18,20H,2-3,5-6H2,(H,15,19)/t11-,13+/m1/s1. The monoisotopic (exact) mass is 340 g/mol. The largest absolute Gasteiger partial charge is 0.389 e. The minimum absolute atomic E-state index is 0.0102. The summed E-state index contributed by atoms with van der Waals surface area (Å²) in [6.07, 6.45) is 0.870.